The first-order valence-corrected chi connectivity index (χ1v) is 9.76. The number of rotatable bonds is 5. The summed E-state index contributed by atoms with van der Waals surface area (Å²) in [6.45, 7) is -2.66. The summed E-state index contributed by atoms with van der Waals surface area (Å²) in [5.74, 6) is -2.11. The zero-order valence-corrected chi connectivity index (χ0v) is 16.5. The van der Waals surface area contributed by atoms with Gasteiger partial charge in [-0.05, 0) is 37.1 Å². The summed E-state index contributed by atoms with van der Waals surface area (Å²) in [7, 11) is 0. The highest BCUT2D eigenvalue weighted by Gasteiger charge is 2.43. The highest BCUT2D eigenvalue weighted by atomic mass is 19.3. The molecule has 2 aromatic rings. The maximum atomic E-state index is 13.2. The lowest BCUT2D eigenvalue weighted by Crippen LogP contribution is -2.43. The summed E-state index contributed by atoms with van der Waals surface area (Å²) in [4.78, 5) is 27.0. The number of nitrogens with zero attached hydrogens (tertiary/aromatic N) is 1. The second-order valence-corrected chi connectivity index (χ2v) is 7.28. The molecule has 0 radical (unpaired) electrons. The number of amides is 2. The molecule has 170 valence electrons. The highest BCUT2D eigenvalue weighted by molar-refractivity contribution is 5.98. The maximum Gasteiger partial charge on any atom is 0.586 e. The monoisotopic (exact) mass is 454 g/mol. The zero-order valence-electron chi connectivity index (χ0n) is 16.5. The summed E-state index contributed by atoms with van der Waals surface area (Å²) in [6.07, 6.45) is -2.75. The number of carbonyl (C=O) groups excluding carboxylic acids is 2. The molecule has 2 amide bonds. The molecule has 1 unspecified atom stereocenters. The smallest absolute Gasteiger partial charge is 0.434 e. The average molecular weight is 454 g/mol. The van der Waals surface area contributed by atoms with Gasteiger partial charge in [-0.25, -0.2) is 0 Å². The fourth-order valence-electron chi connectivity index (χ4n) is 3.66. The minimum Gasteiger partial charge on any atom is -0.434 e. The van der Waals surface area contributed by atoms with E-state index >= 15 is 0 Å². The molecule has 2 heterocycles. The lowest BCUT2D eigenvalue weighted by atomic mass is 9.96. The van der Waals surface area contributed by atoms with Crippen LogP contribution in [0.5, 0.6) is 17.2 Å². The van der Waals surface area contributed by atoms with Crippen LogP contribution in [0, 0.1) is 5.92 Å². The normalized spacial score (nSPS) is 19.0. The molecule has 0 bridgehead atoms. The fraction of sp³-hybridized carbons (Fsp3) is 0.333. The Balaban J connectivity index is 1.42. The van der Waals surface area contributed by atoms with Crippen molar-refractivity contribution >= 4 is 17.5 Å². The predicted molar refractivity (Wildman–Crippen MR) is 103 cm³/mol. The summed E-state index contributed by atoms with van der Waals surface area (Å²) < 4.78 is 64.7. The first-order valence-electron chi connectivity index (χ1n) is 9.76. The third-order valence-electron chi connectivity index (χ3n) is 5.08. The van der Waals surface area contributed by atoms with Crippen molar-refractivity contribution in [2.24, 2.45) is 5.92 Å². The van der Waals surface area contributed by atoms with Gasteiger partial charge in [0.05, 0.1) is 11.5 Å². The molecular weight excluding hydrogens is 436 g/mol. The van der Waals surface area contributed by atoms with E-state index in [1.165, 1.54) is 47.4 Å². The number of fused-ring (bicyclic) bond motifs is 1. The van der Waals surface area contributed by atoms with Gasteiger partial charge in [0.2, 0.25) is 5.91 Å². The van der Waals surface area contributed by atoms with E-state index in [1.54, 1.807) is 0 Å². The van der Waals surface area contributed by atoms with Gasteiger partial charge in [-0.3, -0.25) is 9.59 Å². The summed E-state index contributed by atoms with van der Waals surface area (Å²) in [5, 5.41) is 2.62. The molecule has 1 saturated heterocycles. The van der Waals surface area contributed by atoms with E-state index in [9.17, 15) is 27.2 Å². The molecule has 1 N–H and O–H groups in total. The van der Waals surface area contributed by atoms with Crippen molar-refractivity contribution in [1.29, 1.82) is 0 Å². The van der Waals surface area contributed by atoms with Gasteiger partial charge in [-0.1, -0.05) is 12.1 Å². The molecule has 2 aliphatic heterocycles. The van der Waals surface area contributed by atoms with Gasteiger partial charge >= 0.3 is 12.9 Å². The second kappa shape index (κ2) is 8.56. The second-order valence-electron chi connectivity index (χ2n) is 7.28. The van der Waals surface area contributed by atoms with E-state index in [2.05, 4.69) is 19.5 Å². The van der Waals surface area contributed by atoms with Crippen molar-refractivity contribution in [2.75, 3.05) is 18.4 Å². The molecule has 0 aromatic heterocycles. The Bertz CT molecular complexity index is 1030. The summed E-state index contributed by atoms with van der Waals surface area (Å²) in [5.41, 5.74) is 0.208. The van der Waals surface area contributed by atoms with Crippen LogP contribution in [-0.2, 0) is 4.79 Å². The number of likely N-dealkylation sites (tertiary alicyclic amines) is 1. The molecule has 11 heteroatoms. The Morgan fingerprint density at radius 2 is 1.88 bits per heavy atom. The van der Waals surface area contributed by atoms with Gasteiger partial charge in [0, 0.05) is 24.8 Å². The zero-order chi connectivity index (χ0) is 22.9. The molecule has 0 aliphatic carbocycles. The quantitative estimate of drug-likeness (QED) is 0.689. The number of para-hydroxylation sites is 1. The molecule has 2 aliphatic rings. The van der Waals surface area contributed by atoms with Gasteiger partial charge in [0.25, 0.3) is 5.91 Å². The molecule has 1 atom stereocenters. The van der Waals surface area contributed by atoms with Crippen LogP contribution in [-0.4, -0.2) is 42.7 Å². The Kier molecular flexibility index (Phi) is 5.81. The van der Waals surface area contributed by atoms with E-state index in [-0.39, 0.29) is 35.0 Å². The number of halogens is 4. The molecule has 0 saturated carbocycles. The first-order chi connectivity index (χ1) is 15.2. The molecule has 2 aromatic carbocycles. The number of ether oxygens (including phenoxy) is 3. The average Bonchev–Trinajstić information content (AvgIpc) is 3.06. The lowest BCUT2D eigenvalue weighted by molar-refractivity contribution is -0.286. The standard InChI is InChI=1S/C21H18F4N2O5/c22-20(23)30-15-6-2-1-5-14(15)19(29)27-9-3-4-12(11-27)18(28)26-13-7-8-16-17(10-13)32-21(24,25)31-16/h1-2,5-8,10,12,20H,3-4,9,11H2,(H,26,28). The van der Waals surface area contributed by atoms with Crippen LogP contribution in [0.1, 0.15) is 23.2 Å². The van der Waals surface area contributed by atoms with Crippen molar-refractivity contribution in [3.8, 4) is 17.2 Å². The van der Waals surface area contributed by atoms with E-state index in [4.69, 9.17) is 0 Å². The van der Waals surface area contributed by atoms with E-state index in [0.717, 1.165) is 0 Å². The molecule has 7 nitrogen and oxygen atoms in total. The molecule has 32 heavy (non-hydrogen) atoms. The maximum absolute atomic E-state index is 13.2. The van der Waals surface area contributed by atoms with Gasteiger partial charge in [0.1, 0.15) is 5.75 Å². The van der Waals surface area contributed by atoms with E-state index in [1.807, 2.05) is 0 Å². The Morgan fingerprint density at radius 3 is 2.66 bits per heavy atom. The van der Waals surface area contributed by atoms with Crippen LogP contribution in [0.15, 0.2) is 42.5 Å². The molecular formula is C21H18F4N2O5. The largest absolute Gasteiger partial charge is 0.586 e. The Hall–Kier alpha value is -3.50. The van der Waals surface area contributed by atoms with E-state index < -0.39 is 30.6 Å². The number of benzene rings is 2. The van der Waals surface area contributed by atoms with Crippen molar-refractivity contribution in [2.45, 2.75) is 25.7 Å². The number of carbonyl (C=O) groups is 2. The van der Waals surface area contributed by atoms with Gasteiger partial charge < -0.3 is 24.4 Å². The number of piperidine rings is 1. The number of hydrogen-bond donors (Lipinski definition) is 1. The van der Waals surface area contributed by atoms with Gasteiger partial charge in [-0.15, -0.1) is 8.78 Å². The Labute approximate surface area is 179 Å². The van der Waals surface area contributed by atoms with Crippen LogP contribution < -0.4 is 19.5 Å². The summed E-state index contributed by atoms with van der Waals surface area (Å²) in [6, 6.07) is 9.53. The SMILES string of the molecule is O=C(Nc1ccc2c(c1)OC(F)(F)O2)C1CCCN(C(=O)c2ccccc2OC(F)F)C1. The van der Waals surface area contributed by atoms with Crippen molar-refractivity contribution in [3.63, 3.8) is 0 Å². The van der Waals surface area contributed by atoms with Crippen LogP contribution >= 0.6 is 0 Å². The number of anilines is 1. The number of alkyl halides is 4. The van der Waals surface area contributed by atoms with Crippen LogP contribution in [0.3, 0.4) is 0 Å². The van der Waals surface area contributed by atoms with Gasteiger partial charge in [0.15, 0.2) is 11.5 Å². The minimum atomic E-state index is -3.76. The van der Waals surface area contributed by atoms with Crippen molar-refractivity contribution in [1.82, 2.24) is 4.90 Å². The minimum absolute atomic E-state index is 0.0226. The number of nitrogens with one attached hydrogen (secondary N) is 1. The Morgan fingerprint density at radius 1 is 1.12 bits per heavy atom. The van der Waals surface area contributed by atoms with Gasteiger partial charge in [-0.2, -0.15) is 8.78 Å². The third-order valence-corrected chi connectivity index (χ3v) is 5.08. The van der Waals surface area contributed by atoms with Crippen LogP contribution in [0.2, 0.25) is 0 Å². The first kappa shape index (κ1) is 21.7. The van der Waals surface area contributed by atoms with Crippen molar-refractivity contribution in [3.05, 3.63) is 48.0 Å². The summed E-state index contributed by atoms with van der Waals surface area (Å²) >= 11 is 0. The molecule has 0 spiro atoms. The third kappa shape index (κ3) is 4.71. The molecule has 4 rings (SSSR count). The highest BCUT2D eigenvalue weighted by Crippen LogP contribution is 2.42. The fourth-order valence-corrected chi connectivity index (χ4v) is 3.66. The molecule has 1 fully saturated rings. The van der Waals surface area contributed by atoms with Crippen LogP contribution in [0.4, 0.5) is 23.2 Å². The predicted octanol–water partition coefficient (Wildman–Crippen LogP) is 4.10. The topological polar surface area (TPSA) is 77.1 Å². The van der Waals surface area contributed by atoms with Crippen molar-refractivity contribution < 1.29 is 41.4 Å². The van der Waals surface area contributed by atoms with E-state index in [0.29, 0.717) is 19.4 Å². The van der Waals surface area contributed by atoms with Crippen LogP contribution in [0.25, 0.3) is 0 Å². The lowest BCUT2D eigenvalue weighted by Gasteiger charge is -2.32. The number of hydrogen-bond acceptors (Lipinski definition) is 5.